The first-order valence-corrected chi connectivity index (χ1v) is 9.66. The van der Waals surface area contributed by atoms with Crippen molar-refractivity contribution in [1.29, 1.82) is 0 Å². The number of esters is 1. The van der Waals surface area contributed by atoms with E-state index in [1.807, 2.05) is 0 Å². The number of rotatable bonds is 6. The average molecular weight is 418 g/mol. The SMILES string of the molecule is CCOC(=O)CCc1cn(-c2ccc(F)cc2)c(=O)c(N2CCN(C(=O)O)CC2)n1. The van der Waals surface area contributed by atoms with Crippen molar-refractivity contribution in [2.24, 2.45) is 0 Å². The molecule has 0 unspecified atom stereocenters. The molecule has 2 aromatic rings. The summed E-state index contributed by atoms with van der Waals surface area (Å²) < 4.78 is 19.6. The van der Waals surface area contributed by atoms with Gasteiger partial charge in [-0.3, -0.25) is 14.2 Å². The number of carbonyl (C=O) groups is 2. The summed E-state index contributed by atoms with van der Waals surface area (Å²) in [6.07, 6.45) is 0.901. The van der Waals surface area contributed by atoms with E-state index in [-0.39, 0.29) is 44.3 Å². The Bertz CT molecular complexity index is 968. The molecule has 2 heterocycles. The van der Waals surface area contributed by atoms with Crippen molar-refractivity contribution >= 4 is 17.9 Å². The van der Waals surface area contributed by atoms with E-state index < -0.39 is 17.5 Å². The molecule has 1 aromatic carbocycles. The Balaban J connectivity index is 1.94. The first-order valence-electron chi connectivity index (χ1n) is 9.66. The highest BCUT2D eigenvalue weighted by Gasteiger charge is 2.24. The number of aromatic nitrogens is 2. The summed E-state index contributed by atoms with van der Waals surface area (Å²) in [7, 11) is 0. The molecule has 1 fully saturated rings. The molecule has 0 bridgehead atoms. The number of piperazine rings is 1. The summed E-state index contributed by atoms with van der Waals surface area (Å²) in [5, 5.41) is 9.13. The quantitative estimate of drug-likeness (QED) is 0.712. The lowest BCUT2D eigenvalue weighted by Gasteiger charge is -2.33. The van der Waals surface area contributed by atoms with E-state index in [0.29, 0.717) is 24.5 Å². The molecule has 1 aromatic heterocycles. The van der Waals surface area contributed by atoms with Gasteiger partial charge in [0, 0.05) is 44.5 Å². The van der Waals surface area contributed by atoms with Crippen molar-refractivity contribution in [3.63, 3.8) is 0 Å². The van der Waals surface area contributed by atoms with Gasteiger partial charge in [-0.2, -0.15) is 0 Å². The summed E-state index contributed by atoms with van der Waals surface area (Å²) in [5.41, 5.74) is 0.569. The van der Waals surface area contributed by atoms with Crippen LogP contribution < -0.4 is 10.5 Å². The van der Waals surface area contributed by atoms with Crippen molar-refractivity contribution < 1.29 is 23.8 Å². The molecule has 1 aliphatic heterocycles. The number of aryl methyl sites for hydroxylation is 1. The normalized spacial score (nSPS) is 13.9. The first kappa shape index (κ1) is 21.3. The fourth-order valence-corrected chi connectivity index (χ4v) is 3.22. The van der Waals surface area contributed by atoms with Crippen LogP contribution in [-0.2, 0) is 16.0 Å². The topological polar surface area (TPSA) is 105 Å². The second-order valence-electron chi connectivity index (χ2n) is 6.77. The third kappa shape index (κ3) is 4.94. The zero-order valence-corrected chi connectivity index (χ0v) is 16.6. The number of carbonyl (C=O) groups excluding carboxylic acids is 1. The lowest BCUT2D eigenvalue weighted by molar-refractivity contribution is -0.143. The van der Waals surface area contributed by atoms with Crippen LogP contribution in [0.2, 0.25) is 0 Å². The largest absolute Gasteiger partial charge is 0.466 e. The van der Waals surface area contributed by atoms with Crippen molar-refractivity contribution in [1.82, 2.24) is 14.5 Å². The second kappa shape index (κ2) is 9.38. The van der Waals surface area contributed by atoms with E-state index >= 15 is 0 Å². The van der Waals surface area contributed by atoms with Crippen molar-refractivity contribution in [2.75, 3.05) is 37.7 Å². The number of benzene rings is 1. The Morgan fingerprint density at radius 3 is 2.43 bits per heavy atom. The van der Waals surface area contributed by atoms with Crippen LogP contribution in [0.1, 0.15) is 19.0 Å². The molecular weight excluding hydrogens is 395 g/mol. The zero-order valence-electron chi connectivity index (χ0n) is 16.6. The van der Waals surface area contributed by atoms with Gasteiger partial charge in [0.15, 0.2) is 5.82 Å². The van der Waals surface area contributed by atoms with Crippen molar-refractivity contribution in [3.05, 3.63) is 52.3 Å². The highest BCUT2D eigenvalue weighted by Crippen LogP contribution is 2.15. The molecule has 0 saturated carbocycles. The summed E-state index contributed by atoms with van der Waals surface area (Å²) >= 11 is 0. The Morgan fingerprint density at radius 1 is 1.17 bits per heavy atom. The molecule has 160 valence electrons. The van der Waals surface area contributed by atoms with Crippen LogP contribution in [0.4, 0.5) is 15.0 Å². The maximum absolute atomic E-state index is 13.3. The van der Waals surface area contributed by atoms with Gasteiger partial charge in [-0.1, -0.05) is 0 Å². The van der Waals surface area contributed by atoms with Crippen LogP contribution in [0.3, 0.4) is 0 Å². The molecule has 0 atom stereocenters. The number of nitrogens with zero attached hydrogens (tertiary/aromatic N) is 4. The summed E-state index contributed by atoms with van der Waals surface area (Å²) in [5.74, 6) is -0.616. The number of hydrogen-bond acceptors (Lipinski definition) is 6. The van der Waals surface area contributed by atoms with Crippen molar-refractivity contribution in [2.45, 2.75) is 19.8 Å². The van der Waals surface area contributed by atoms with Gasteiger partial charge in [-0.05, 0) is 31.2 Å². The Kier molecular flexibility index (Phi) is 6.65. The van der Waals surface area contributed by atoms with Crippen molar-refractivity contribution in [3.8, 4) is 5.69 Å². The predicted octanol–water partition coefficient (Wildman–Crippen LogP) is 1.67. The summed E-state index contributed by atoms with van der Waals surface area (Å²) in [6, 6.07) is 5.48. The molecule has 0 spiro atoms. The van der Waals surface area contributed by atoms with E-state index in [4.69, 9.17) is 9.84 Å². The maximum Gasteiger partial charge on any atom is 0.407 e. The molecule has 0 aliphatic carbocycles. The molecule has 3 rings (SSSR count). The minimum Gasteiger partial charge on any atom is -0.466 e. The van der Waals surface area contributed by atoms with E-state index in [2.05, 4.69) is 4.98 Å². The monoisotopic (exact) mass is 418 g/mol. The number of anilines is 1. The molecule has 10 heteroatoms. The smallest absolute Gasteiger partial charge is 0.407 e. The Morgan fingerprint density at radius 2 is 1.83 bits per heavy atom. The molecule has 1 saturated heterocycles. The van der Waals surface area contributed by atoms with Crippen LogP contribution in [0.15, 0.2) is 35.3 Å². The molecule has 1 N–H and O–H groups in total. The van der Waals surface area contributed by atoms with E-state index in [0.717, 1.165) is 0 Å². The summed E-state index contributed by atoms with van der Waals surface area (Å²) in [4.78, 5) is 43.4. The molecule has 9 nitrogen and oxygen atoms in total. The van der Waals surface area contributed by atoms with Crippen LogP contribution in [-0.4, -0.2) is 64.4 Å². The molecule has 1 amide bonds. The Labute approximate surface area is 172 Å². The van der Waals surface area contributed by atoms with Gasteiger partial charge in [0.25, 0.3) is 5.56 Å². The lowest BCUT2D eigenvalue weighted by Crippen LogP contribution is -2.50. The van der Waals surface area contributed by atoms with Gasteiger partial charge < -0.3 is 19.6 Å². The van der Waals surface area contributed by atoms with Gasteiger partial charge in [0.2, 0.25) is 0 Å². The number of carboxylic acid groups (broad SMARTS) is 1. The number of halogens is 1. The minimum atomic E-state index is -1.01. The second-order valence-corrected chi connectivity index (χ2v) is 6.77. The number of hydrogen-bond donors (Lipinski definition) is 1. The van der Waals surface area contributed by atoms with Gasteiger partial charge in [0.05, 0.1) is 18.7 Å². The van der Waals surface area contributed by atoms with Crippen LogP contribution in [0.25, 0.3) is 5.69 Å². The lowest BCUT2D eigenvalue weighted by atomic mass is 10.2. The number of ether oxygens (including phenoxy) is 1. The molecule has 0 radical (unpaired) electrons. The molecule has 30 heavy (non-hydrogen) atoms. The van der Waals surface area contributed by atoms with Crippen LogP contribution in [0.5, 0.6) is 0 Å². The third-order valence-electron chi connectivity index (χ3n) is 4.78. The standard InChI is InChI=1S/C20H23FN4O5/c1-2-30-17(26)8-5-15-13-25(16-6-3-14(21)4-7-16)19(27)18(22-15)23-9-11-24(12-10-23)20(28)29/h3-4,6-7,13H,2,5,8-12H2,1H3,(H,28,29). The third-order valence-corrected chi connectivity index (χ3v) is 4.78. The predicted molar refractivity (Wildman–Crippen MR) is 107 cm³/mol. The van der Waals surface area contributed by atoms with E-state index in [1.54, 1.807) is 11.8 Å². The fraction of sp³-hybridized carbons (Fsp3) is 0.400. The maximum atomic E-state index is 13.3. The van der Waals surface area contributed by atoms with Gasteiger partial charge in [-0.25, -0.2) is 14.2 Å². The van der Waals surface area contributed by atoms with Gasteiger partial charge >= 0.3 is 12.1 Å². The van der Waals surface area contributed by atoms with E-state index in [9.17, 15) is 18.8 Å². The van der Waals surface area contributed by atoms with Crippen LogP contribution in [0, 0.1) is 5.82 Å². The van der Waals surface area contributed by atoms with Gasteiger partial charge in [-0.15, -0.1) is 0 Å². The zero-order chi connectivity index (χ0) is 21.7. The first-order chi connectivity index (χ1) is 14.4. The summed E-state index contributed by atoms with van der Waals surface area (Å²) in [6.45, 7) is 3.14. The van der Waals surface area contributed by atoms with Crippen LogP contribution >= 0.6 is 0 Å². The Hall–Kier alpha value is -3.43. The molecular formula is C20H23FN4O5. The fourth-order valence-electron chi connectivity index (χ4n) is 3.22. The average Bonchev–Trinajstić information content (AvgIpc) is 2.74. The highest BCUT2D eigenvalue weighted by molar-refractivity contribution is 5.69. The van der Waals surface area contributed by atoms with E-state index in [1.165, 1.54) is 39.9 Å². The molecule has 1 aliphatic rings. The van der Waals surface area contributed by atoms with Gasteiger partial charge in [0.1, 0.15) is 5.82 Å². The number of amides is 1. The minimum absolute atomic E-state index is 0.106. The highest BCUT2D eigenvalue weighted by atomic mass is 19.1.